The van der Waals surface area contributed by atoms with E-state index in [4.69, 9.17) is 9.72 Å². The number of fused-ring (bicyclic) bond motifs is 5. The van der Waals surface area contributed by atoms with Gasteiger partial charge in [-0.15, -0.1) is 0 Å². The molecule has 0 aliphatic heterocycles. The Morgan fingerprint density at radius 2 is 1.62 bits per heavy atom. The van der Waals surface area contributed by atoms with Crippen LogP contribution in [0.15, 0.2) is 109 Å². The lowest BCUT2D eigenvalue weighted by atomic mass is 9.76. The molecule has 1 heterocycles. The number of methoxy groups -OCH3 is 1. The lowest BCUT2D eigenvalue weighted by Gasteiger charge is -2.28. The molecule has 206 valence electrons. The molecule has 1 atom stereocenters. The number of rotatable bonds is 6. The van der Waals surface area contributed by atoms with Gasteiger partial charge in [-0.2, -0.15) is 0 Å². The maximum Gasteiger partial charge on any atom is 0.337 e. The first kappa shape index (κ1) is 26.2. The standard InChI is InChI=1S/C39H33NO2/c1-42-39(41)30-17-15-29(16-18-30)38-36(12-7-25-40-38)35-22-20-28(14-13-26-8-3-2-4-9-26)32-23-24-33-31-11-6-5-10-27(31)19-21-34(33)37(32)35/h2-12,15-18,21,23-25,28H,13-14,19-20,22H2,1H3. The van der Waals surface area contributed by atoms with Gasteiger partial charge in [0.1, 0.15) is 0 Å². The molecular weight excluding hydrogens is 514 g/mol. The first-order valence-electron chi connectivity index (χ1n) is 14.8. The zero-order valence-corrected chi connectivity index (χ0v) is 23.8. The summed E-state index contributed by atoms with van der Waals surface area (Å²) in [5.74, 6) is 0.168. The third-order valence-electron chi connectivity index (χ3n) is 8.93. The van der Waals surface area contributed by atoms with E-state index in [1.165, 1.54) is 56.5 Å². The van der Waals surface area contributed by atoms with E-state index in [1.54, 1.807) is 0 Å². The molecule has 5 aromatic rings. The van der Waals surface area contributed by atoms with Crippen LogP contribution < -0.4 is 10.4 Å². The predicted molar refractivity (Wildman–Crippen MR) is 170 cm³/mol. The molecular formula is C39H33NO2. The van der Waals surface area contributed by atoms with Gasteiger partial charge in [-0.3, -0.25) is 4.98 Å². The Labute approximate surface area is 246 Å². The minimum atomic E-state index is -0.331. The van der Waals surface area contributed by atoms with Gasteiger partial charge < -0.3 is 4.74 Å². The SMILES string of the molecule is COC(=O)c1ccc(-c2ncccc2C2=c3c(ccc4c3=CCc3ccccc3-4)C(CCc3ccccc3)CC2)cc1. The largest absolute Gasteiger partial charge is 0.465 e. The van der Waals surface area contributed by atoms with Gasteiger partial charge in [0.2, 0.25) is 0 Å². The molecule has 0 spiro atoms. The van der Waals surface area contributed by atoms with Crippen LogP contribution in [0.5, 0.6) is 0 Å². The number of carbonyl (C=O) groups excluding carboxylic acids is 1. The molecule has 0 saturated heterocycles. The molecule has 1 aromatic heterocycles. The molecule has 0 bridgehead atoms. The van der Waals surface area contributed by atoms with Crippen LogP contribution in [0.1, 0.15) is 57.8 Å². The van der Waals surface area contributed by atoms with Gasteiger partial charge in [0.05, 0.1) is 18.4 Å². The molecule has 42 heavy (non-hydrogen) atoms. The topological polar surface area (TPSA) is 39.2 Å². The Hall–Kier alpha value is -4.76. The van der Waals surface area contributed by atoms with Crippen molar-refractivity contribution >= 4 is 17.6 Å². The van der Waals surface area contributed by atoms with Crippen molar-refractivity contribution in [2.24, 2.45) is 0 Å². The highest BCUT2D eigenvalue weighted by molar-refractivity contribution is 5.90. The van der Waals surface area contributed by atoms with Crippen molar-refractivity contribution in [2.75, 3.05) is 7.11 Å². The molecule has 2 aliphatic rings. The smallest absolute Gasteiger partial charge is 0.337 e. The van der Waals surface area contributed by atoms with Crippen molar-refractivity contribution < 1.29 is 9.53 Å². The van der Waals surface area contributed by atoms with Gasteiger partial charge in [-0.1, -0.05) is 91.0 Å². The second-order valence-corrected chi connectivity index (χ2v) is 11.3. The Morgan fingerprint density at radius 3 is 2.45 bits per heavy atom. The number of pyridine rings is 1. The summed E-state index contributed by atoms with van der Waals surface area (Å²) in [5, 5.41) is 2.76. The molecule has 0 saturated carbocycles. The number of aromatic nitrogens is 1. The molecule has 3 nitrogen and oxygen atoms in total. The van der Waals surface area contributed by atoms with Gasteiger partial charge in [0.25, 0.3) is 0 Å². The maximum absolute atomic E-state index is 12.1. The average Bonchev–Trinajstić information content (AvgIpc) is 3.07. The summed E-state index contributed by atoms with van der Waals surface area (Å²) in [4.78, 5) is 17.0. The number of carbonyl (C=O) groups is 1. The van der Waals surface area contributed by atoms with Crippen molar-refractivity contribution in [3.05, 3.63) is 148 Å². The quantitative estimate of drug-likeness (QED) is 0.210. The summed E-state index contributed by atoms with van der Waals surface area (Å²) >= 11 is 0. The van der Waals surface area contributed by atoms with E-state index in [2.05, 4.69) is 78.9 Å². The van der Waals surface area contributed by atoms with Gasteiger partial charge in [-0.05, 0) is 100 Å². The minimum Gasteiger partial charge on any atom is -0.465 e. The Kier molecular flexibility index (Phi) is 7.01. The predicted octanol–water partition coefficient (Wildman–Crippen LogP) is 7.25. The van der Waals surface area contributed by atoms with E-state index in [0.29, 0.717) is 11.5 Å². The highest BCUT2D eigenvalue weighted by Crippen LogP contribution is 2.37. The summed E-state index contributed by atoms with van der Waals surface area (Å²) in [6, 6.07) is 36.3. The Balaban J connectivity index is 1.41. The minimum absolute atomic E-state index is 0.331. The number of aryl methyl sites for hydroxylation is 1. The zero-order chi connectivity index (χ0) is 28.5. The van der Waals surface area contributed by atoms with Gasteiger partial charge >= 0.3 is 5.97 Å². The van der Waals surface area contributed by atoms with Crippen LogP contribution >= 0.6 is 0 Å². The van der Waals surface area contributed by atoms with Crippen LogP contribution in [-0.2, 0) is 17.6 Å². The summed E-state index contributed by atoms with van der Waals surface area (Å²) in [6.45, 7) is 0. The van der Waals surface area contributed by atoms with Gasteiger partial charge in [0, 0.05) is 17.3 Å². The summed E-state index contributed by atoms with van der Waals surface area (Å²) < 4.78 is 4.91. The maximum atomic E-state index is 12.1. The van der Waals surface area contributed by atoms with E-state index >= 15 is 0 Å². The number of hydrogen-bond acceptors (Lipinski definition) is 3. The number of esters is 1. The first-order chi connectivity index (χ1) is 20.7. The fraction of sp³-hybridized carbons (Fsp3) is 0.179. The molecule has 7 rings (SSSR count). The van der Waals surface area contributed by atoms with E-state index in [-0.39, 0.29) is 5.97 Å². The molecule has 0 N–H and O–H groups in total. The summed E-state index contributed by atoms with van der Waals surface area (Å²) in [6.07, 6.45) is 9.57. The molecule has 2 aliphatic carbocycles. The highest BCUT2D eigenvalue weighted by Gasteiger charge is 2.25. The highest BCUT2D eigenvalue weighted by atomic mass is 16.5. The van der Waals surface area contributed by atoms with Crippen LogP contribution in [-0.4, -0.2) is 18.1 Å². The Morgan fingerprint density at radius 1 is 0.833 bits per heavy atom. The third-order valence-corrected chi connectivity index (χ3v) is 8.93. The fourth-order valence-corrected chi connectivity index (χ4v) is 6.85. The number of benzene rings is 4. The van der Waals surface area contributed by atoms with Crippen molar-refractivity contribution in [3.63, 3.8) is 0 Å². The third kappa shape index (κ3) is 4.75. The van der Waals surface area contributed by atoms with Crippen molar-refractivity contribution in [1.29, 1.82) is 0 Å². The van der Waals surface area contributed by atoms with Crippen LogP contribution in [0, 0.1) is 0 Å². The zero-order valence-electron chi connectivity index (χ0n) is 23.8. The van der Waals surface area contributed by atoms with Crippen LogP contribution in [0.3, 0.4) is 0 Å². The monoisotopic (exact) mass is 547 g/mol. The molecule has 1 unspecified atom stereocenters. The van der Waals surface area contributed by atoms with Crippen molar-refractivity contribution in [3.8, 4) is 22.4 Å². The van der Waals surface area contributed by atoms with Crippen molar-refractivity contribution in [1.82, 2.24) is 4.98 Å². The van der Waals surface area contributed by atoms with E-state index < -0.39 is 0 Å². The van der Waals surface area contributed by atoms with Gasteiger partial charge in [0.15, 0.2) is 0 Å². The second kappa shape index (κ2) is 11.3. The van der Waals surface area contributed by atoms with E-state index in [0.717, 1.165) is 43.4 Å². The normalized spacial score (nSPS) is 15.2. The Bertz CT molecular complexity index is 1910. The van der Waals surface area contributed by atoms with Crippen LogP contribution in [0.4, 0.5) is 0 Å². The molecule has 0 radical (unpaired) electrons. The van der Waals surface area contributed by atoms with Crippen molar-refractivity contribution in [2.45, 2.75) is 38.0 Å². The molecule has 4 aromatic carbocycles. The van der Waals surface area contributed by atoms with Crippen LogP contribution in [0.25, 0.3) is 34.0 Å². The van der Waals surface area contributed by atoms with Crippen LogP contribution in [0.2, 0.25) is 0 Å². The number of hydrogen-bond donors (Lipinski definition) is 0. The summed E-state index contributed by atoms with van der Waals surface area (Å²) in [5.41, 5.74) is 11.9. The lowest BCUT2D eigenvalue weighted by molar-refractivity contribution is 0.0600. The molecule has 0 amide bonds. The molecule has 0 fully saturated rings. The summed E-state index contributed by atoms with van der Waals surface area (Å²) in [7, 11) is 1.41. The van der Waals surface area contributed by atoms with Gasteiger partial charge in [-0.25, -0.2) is 4.79 Å². The van der Waals surface area contributed by atoms with E-state index in [1.807, 2.05) is 36.5 Å². The van der Waals surface area contributed by atoms with E-state index in [9.17, 15) is 4.79 Å². The number of ether oxygens (including phenoxy) is 1. The second-order valence-electron chi connectivity index (χ2n) is 11.3. The lowest BCUT2D eigenvalue weighted by Crippen LogP contribution is -2.38. The fourth-order valence-electron chi connectivity index (χ4n) is 6.85. The average molecular weight is 548 g/mol. The number of nitrogens with zero attached hydrogens (tertiary/aromatic N) is 1. The first-order valence-corrected chi connectivity index (χ1v) is 14.8. The molecule has 3 heteroatoms.